The Morgan fingerprint density at radius 2 is 2.20 bits per heavy atom. The van der Waals surface area contributed by atoms with Crippen molar-refractivity contribution < 1.29 is 9.31 Å². The Bertz CT molecular complexity index is 654. The van der Waals surface area contributed by atoms with E-state index in [1.807, 2.05) is 0 Å². The molecule has 1 aromatic carbocycles. The van der Waals surface area contributed by atoms with Gasteiger partial charge in [-0.25, -0.2) is 4.39 Å². The van der Waals surface area contributed by atoms with Gasteiger partial charge in [-0.3, -0.25) is 4.57 Å². The summed E-state index contributed by atoms with van der Waals surface area (Å²) in [5, 5.41) is 13.9. The first kappa shape index (κ1) is 14.0. The van der Waals surface area contributed by atoms with Crippen LogP contribution in [-0.2, 0) is 7.05 Å². The van der Waals surface area contributed by atoms with E-state index in [0.717, 1.165) is 0 Å². The lowest BCUT2D eigenvalue weighted by atomic mass is 10.1. The van der Waals surface area contributed by atoms with Crippen LogP contribution in [0.1, 0.15) is 24.1 Å². The van der Waals surface area contributed by atoms with E-state index in [9.17, 15) is 14.5 Å². The highest BCUT2D eigenvalue weighted by molar-refractivity contribution is 5.53. The van der Waals surface area contributed by atoms with Gasteiger partial charge in [0.2, 0.25) is 12.1 Å². The Labute approximate surface area is 115 Å². The minimum Gasteiger partial charge on any atom is -0.358 e. The summed E-state index contributed by atoms with van der Waals surface area (Å²) in [5.74, 6) is -0.244. The third kappa shape index (κ3) is 2.61. The molecule has 2 aromatic rings. The molecule has 0 amide bonds. The third-order valence-corrected chi connectivity index (χ3v) is 3.14. The maximum atomic E-state index is 13.6. The average molecular weight is 278 g/mol. The molecule has 0 fully saturated rings. The summed E-state index contributed by atoms with van der Waals surface area (Å²) in [6, 6.07) is 4.62. The number of nitrogens with zero attached hydrogens (tertiary/aromatic N) is 3. The van der Waals surface area contributed by atoms with Gasteiger partial charge in [-0.2, -0.15) is 0 Å². The molecule has 1 heterocycles. The average Bonchev–Trinajstić information content (AvgIpc) is 2.74. The van der Waals surface area contributed by atoms with Gasteiger partial charge in [-0.15, -0.1) is 0 Å². The molecule has 0 bridgehead atoms. The van der Waals surface area contributed by atoms with Crippen molar-refractivity contribution >= 4 is 11.6 Å². The lowest BCUT2D eigenvalue weighted by Crippen LogP contribution is -2.11. The molecule has 0 saturated carbocycles. The molecule has 2 rings (SSSR count). The van der Waals surface area contributed by atoms with Crippen molar-refractivity contribution in [3.8, 4) is 0 Å². The molecule has 0 aliphatic rings. The predicted molar refractivity (Wildman–Crippen MR) is 73.0 cm³/mol. The smallest absolute Gasteiger partial charge is 0.358 e. The number of hydrogen-bond acceptors (Lipinski definition) is 4. The minimum atomic E-state index is -0.551. The number of imidazole rings is 1. The largest absolute Gasteiger partial charge is 0.406 e. The van der Waals surface area contributed by atoms with E-state index in [2.05, 4.69) is 10.3 Å². The number of benzene rings is 1. The van der Waals surface area contributed by atoms with Crippen LogP contribution in [0.3, 0.4) is 0 Å². The molecule has 0 spiro atoms. The van der Waals surface area contributed by atoms with Gasteiger partial charge in [0.25, 0.3) is 0 Å². The second kappa shape index (κ2) is 5.28. The Morgan fingerprint density at radius 1 is 1.50 bits per heavy atom. The van der Waals surface area contributed by atoms with Crippen LogP contribution in [0.5, 0.6) is 0 Å². The van der Waals surface area contributed by atoms with Crippen LogP contribution < -0.4 is 5.32 Å². The SMILES string of the molecule is Cc1ccc(C(C)Nc2c([N+](=O)[O-])ncn2C)cc1F. The first-order valence-electron chi connectivity index (χ1n) is 6.08. The van der Waals surface area contributed by atoms with Crippen molar-refractivity contribution in [1.29, 1.82) is 0 Å². The number of anilines is 1. The minimum absolute atomic E-state index is 0.244. The van der Waals surface area contributed by atoms with E-state index >= 15 is 0 Å². The van der Waals surface area contributed by atoms with Gasteiger partial charge in [0.1, 0.15) is 5.82 Å². The first-order valence-corrected chi connectivity index (χ1v) is 6.08. The molecule has 0 saturated heterocycles. The monoisotopic (exact) mass is 278 g/mol. The molecular formula is C13H15FN4O2. The normalized spacial score (nSPS) is 12.2. The van der Waals surface area contributed by atoms with Gasteiger partial charge in [0.15, 0.2) is 0 Å². The van der Waals surface area contributed by atoms with Crippen molar-refractivity contribution in [2.75, 3.05) is 5.32 Å². The maximum Gasteiger partial charge on any atom is 0.406 e. The summed E-state index contributed by atoms with van der Waals surface area (Å²) >= 11 is 0. The molecule has 1 atom stereocenters. The van der Waals surface area contributed by atoms with Crippen molar-refractivity contribution in [1.82, 2.24) is 9.55 Å². The van der Waals surface area contributed by atoms with Gasteiger partial charge < -0.3 is 15.4 Å². The number of hydrogen-bond donors (Lipinski definition) is 1. The molecule has 0 aliphatic heterocycles. The maximum absolute atomic E-state index is 13.6. The summed E-state index contributed by atoms with van der Waals surface area (Å²) in [7, 11) is 1.66. The molecule has 20 heavy (non-hydrogen) atoms. The molecule has 1 N–H and O–H groups in total. The van der Waals surface area contributed by atoms with Gasteiger partial charge >= 0.3 is 5.82 Å². The van der Waals surface area contributed by atoms with Gasteiger partial charge in [-0.05, 0) is 40.9 Å². The molecule has 0 aliphatic carbocycles. The molecule has 7 heteroatoms. The van der Waals surface area contributed by atoms with E-state index in [1.54, 1.807) is 33.0 Å². The van der Waals surface area contributed by atoms with Crippen LogP contribution in [-0.4, -0.2) is 14.5 Å². The molecular weight excluding hydrogens is 263 g/mol. The second-order valence-corrected chi connectivity index (χ2v) is 4.66. The Balaban J connectivity index is 2.27. The third-order valence-electron chi connectivity index (χ3n) is 3.14. The van der Waals surface area contributed by atoms with Crippen LogP contribution in [0.25, 0.3) is 0 Å². The fourth-order valence-electron chi connectivity index (χ4n) is 1.88. The number of rotatable bonds is 4. The predicted octanol–water partition coefficient (Wildman–Crippen LogP) is 2.95. The lowest BCUT2D eigenvalue weighted by Gasteiger charge is -2.15. The quantitative estimate of drug-likeness (QED) is 0.689. The summed E-state index contributed by atoms with van der Waals surface area (Å²) in [6.07, 6.45) is 1.36. The summed E-state index contributed by atoms with van der Waals surface area (Å²) < 4.78 is 15.1. The van der Waals surface area contributed by atoms with Crippen molar-refractivity contribution in [3.05, 3.63) is 51.6 Å². The second-order valence-electron chi connectivity index (χ2n) is 4.66. The van der Waals surface area contributed by atoms with E-state index in [1.165, 1.54) is 17.0 Å². The number of nitrogens with one attached hydrogen (secondary N) is 1. The fraction of sp³-hybridized carbons (Fsp3) is 0.308. The van der Waals surface area contributed by atoms with Crippen molar-refractivity contribution in [2.45, 2.75) is 19.9 Å². The molecule has 0 radical (unpaired) electrons. The van der Waals surface area contributed by atoms with Crippen LogP contribution in [0, 0.1) is 22.9 Å². The molecule has 106 valence electrons. The Kier molecular flexibility index (Phi) is 3.69. The summed E-state index contributed by atoms with van der Waals surface area (Å²) in [5.41, 5.74) is 1.27. The standard InChI is InChI=1S/C13H15FN4O2/c1-8-4-5-10(6-11(8)14)9(2)16-13-12(18(19)20)15-7-17(13)3/h4-7,9,16H,1-3H3. The van der Waals surface area contributed by atoms with E-state index in [0.29, 0.717) is 16.9 Å². The lowest BCUT2D eigenvalue weighted by molar-refractivity contribution is -0.388. The van der Waals surface area contributed by atoms with Gasteiger partial charge in [-0.1, -0.05) is 12.1 Å². The fourth-order valence-corrected chi connectivity index (χ4v) is 1.88. The zero-order valence-corrected chi connectivity index (χ0v) is 11.4. The van der Waals surface area contributed by atoms with Crippen LogP contribution in [0.15, 0.2) is 24.5 Å². The molecule has 6 nitrogen and oxygen atoms in total. The van der Waals surface area contributed by atoms with Crippen LogP contribution in [0.2, 0.25) is 0 Å². The Morgan fingerprint density at radius 3 is 2.80 bits per heavy atom. The zero-order valence-electron chi connectivity index (χ0n) is 11.4. The van der Waals surface area contributed by atoms with E-state index in [-0.39, 0.29) is 17.7 Å². The van der Waals surface area contributed by atoms with Crippen molar-refractivity contribution in [3.63, 3.8) is 0 Å². The topological polar surface area (TPSA) is 73.0 Å². The van der Waals surface area contributed by atoms with E-state index < -0.39 is 4.92 Å². The van der Waals surface area contributed by atoms with Crippen LogP contribution in [0.4, 0.5) is 16.0 Å². The number of nitro groups is 1. The summed E-state index contributed by atoms with van der Waals surface area (Å²) in [4.78, 5) is 14.1. The Hall–Kier alpha value is -2.44. The zero-order chi connectivity index (χ0) is 14.9. The highest BCUT2D eigenvalue weighted by atomic mass is 19.1. The number of halogens is 1. The van der Waals surface area contributed by atoms with Gasteiger partial charge in [0, 0.05) is 7.05 Å². The highest BCUT2D eigenvalue weighted by Crippen LogP contribution is 2.26. The van der Waals surface area contributed by atoms with Crippen molar-refractivity contribution in [2.24, 2.45) is 7.05 Å². The number of aryl methyl sites for hydroxylation is 2. The number of aromatic nitrogens is 2. The highest BCUT2D eigenvalue weighted by Gasteiger charge is 2.22. The van der Waals surface area contributed by atoms with Gasteiger partial charge in [0.05, 0.1) is 6.04 Å². The molecule has 1 aromatic heterocycles. The van der Waals surface area contributed by atoms with Crippen LogP contribution >= 0.6 is 0 Å². The van der Waals surface area contributed by atoms with E-state index in [4.69, 9.17) is 0 Å². The first-order chi connectivity index (χ1) is 9.40. The molecule has 1 unspecified atom stereocenters. The summed E-state index contributed by atoms with van der Waals surface area (Å²) in [6.45, 7) is 3.49.